The normalized spacial score (nSPS) is 20.6. The van der Waals surface area contributed by atoms with Gasteiger partial charge < -0.3 is 21.1 Å². The maximum Gasteiger partial charge on any atom is 0.315 e. The van der Waals surface area contributed by atoms with Crippen molar-refractivity contribution in [3.63, 3.8) is 0 Å². The number of benzene rings is 1. The van der Waals surface area contributed by atoms with E-state index in [0.29, 0.717) is 13.2 Å². The van der Waals surface area contributed by atoms with E-state index in [1.165, 1.54) is 5.56 Å². The Kier molecular flexibility index (Phi) is 7.19. The predicted molar refractivity (Wildman–Crippen MR) is 105 cm³/mol. The SMILES string of the molecule is NC(CCNC(=O)NC1CCOC(c2ccncc2)C1)Cc1ccccc1. The van der Waals surface area contributed by atoms with Gasteiger partial charge in [0.25, 0.3) is 0 Å². The molecule has 0 aliphatic carbocycles. The van der Waals surface area contributed by atoms with Gasteiger partial charge in [-0.1, -0.05) is 30.3 Å². The van der Waals surface area contributed by atoms with E-state index < -0.39 is 0 Å². The van der Waals surface area contributed by atoms with Gasteiger partial charge in [-0.3, -0.25) is 4.98 Å². The molecule has 27 heavy (non-hydrogen) atoms. The number of carbonyl (C=O) groups excluding carboxylic acids is 1. The number of urea groups is 1. The third kappa shape index (κ3) is 6.34. The summed E-state index contributed by atoms with van der Waals surface area (Å²) in [6.07, 6.45) is 6.69. The predicted octanol–water partition coefficient (Wildman–Crippen LogP) is 2.56. The summed E-state index contributed by atoms with van der Waals surface area (Å²) < 4.78 is 5.83. The van der Waals surface area contributed by atoms with Gasteiger partial charge in [0.1, 0.15) is 0 Å². The van der Waals surface area contributed by atoms with Crippen molar-refractivity contribution < 1.29 is 9.53 Å². The molecule has 0 bridgehead atoms. The van der Waals surface area contributed by atoms with Crippen LogP contribution in [-0.4, -0.2) is 36.3 Å². The van der Waals surface area contributed by atoms with Crippen LogP contribution in [0.15, 0.2) is 54.9 Å². The van der Waals surface area contributed by atoms with E-state index in [0.717, 1.165) is 31.2 Å². The highest BCUT2D eigenvalue weighted by molar-refractivity contribution is 5.74. The van der Waals surface area contributed by atoms with Crippen molar-refractivity contribution >= 4 is 6.03 Å². The fourth-order valence-electron chi connectivity index (χ4n) is 3.36. The number of hydrogen-bond donors (Lipinski definition) is 3. The molecular formula is C21H28N4O2. The average molecular weight is 368 g/mol. The highest BCUT2D eigenvalue weighted by Gasteiger charge is 2.25. The average Bonchev–Trinajstić information content (AvgIpc) is 2.69. The molecular weight excluding hydrogens is 340 g/mol. The van der Waals surface area contributed by atoms with Crippen LogP contribution in [0.3, 0.4) is 0 Å². The summed E-state index contributed by atoms with van der Waals surface area (Å²) in [6.45, 7) is 1.21. The standard InChI is InChI=1S/C21H28N4O2/c22-18(14-16-4-2-1-3-5-16)8-12-24-21(26)25-19-9-13-27-20(15-19)17-6-10-23-11-7-17/h1-7,10-11,18-20H,8-9,12-15,22H2,(H2,24,25,26). The van der Waals surface area contributed by atoms with Crippen LogP contribution in [0.4, 0.5) is 4.79 Å². The van der Waals surface area contributed by atoms with Crippen molar-refractivity contribution in [3.8, 4) is 0 Å². The van der Waals surface area contributed by atoms with E-state index in [1.807, 2.05) is 30.3 Å². The van der Waals surface area contributed by atoms with Gasteiger partial charge in [0.2, 0.25) is 0 Å². The second-order valence-corrected chi connectivity index (χ2v) is 7.00. The van der Waals surface area contributed by atoms with Crippen LogP contribution in [0.25, 0.3) is 0 Å². The number of hydrogen-bond acceptors (Lipinski definition) is 4. The highest BCUT2D eigenvalue weighted by atomic mass is 16.5. The van der Waals surface area contributed by atoms with Gasteiger partial charge in [-0.2, -0.15) is 0 Å². The molecule has 1 fully saturated rings. The van der Waals surface area contributed by atoms with Crippen LogP contribution in [0.5, 0.6) is 0 Å². The van der Waals surface area contributed by atoms with E-state index in [1.54, 1.807) is 12.4 Å². The van der Waals surface area contributed by atoms with Crippen molar-refractivity contribution in [3.05, 3.63) is 66.0 Å². The lowest BCUT2D eigenvalue weighted by molar-refractivity contribution is 0.00222. The number of nitrogens with two attached hydrogens (primary N) is 1. The number of rotatable bonds is 7. The molecule has 0 spiro atoms. The van der Waals surface area contributed by atoms with E-state index in [9.17, 15) is 4.79 Å². The summed E-state index contributed by atoms with van der Waals surface area (Å²) in [5.41, 5.74) is 8.49. The Balaban J connectivity index is 1.36. The van der Waals surface area contributed by atoms with Crippen LogP contribution in [0, 0.1) is 0 Å². The summed E-state index contributed by atoms with van der Waals surface area (Å²) in [4.78, 5) is 16.2. The Labute approximate surface area is 160 Å². The number of nitrogens with one attached hydrogen (secondary N) is 2. The minimum Gasteiger partial charge on any atom is -0.373 e. The molecule has 6 nitrogen and oxygen atoms in total. The molecule has 2 aromatic rings. The van der Waals surface area contributed by atoms with Crippen molar-refractivity contribution in [2.75, 3.05) is 13.2 Å². The first kappa shape index (κ1) is 19.3. The number of nitrogens with zero attached hydrogens (tertiary/aromatic N) is 1. The van der Waals surface area contributed by atoms with Gasteiger partial charge in [-0.05, 0) is 48.9 Å². The molecule has 144 valence electrons. The summed E-state index contributed by atoms with van der Waals surface area (Å²) in [7, 11) is 0. The number of aromatic nitrogens is 1. The van der Waals surface area contributed by atoms with E-state index in [-0.39, 0.29) is 24.2 Å². The second kappa shape index (κ2) is 10.0. The van der Waals surface area contributed by atoms with Crippen LogP contribution in [-0.2, 0) is 11.2 Å². The molecule has 0 radical (unpaired) electrons. The zero-order chi connectivity index (χ0) is 18.9. The molecule has 1 aromatic carbocycles. The van der Waals surface area contributed by atoms with E-state index in [4.69, 9.17) is 10.5 Å². The Hall–Kier alpha value is -2.44. The first-order valence-electron chi connectivity index (χ1n) is 9.56. The topological polar surface area (TPSA) is 89.3 Å². The minimum atomic E-state index is -0.137. The lowest BCUT2D eigenvalue weighted by Gasteiger charge is -2.30. The quantitative estimate of drug-likeness (QED) is 0.701. The van der Waals surface area contributed by atoms with Gasteiger partial charge in [-0.25, -0.2) is 4.79 Å². The van der Waals surface area contributed by atoms with Crippen LogP contribution >= 0.6 is 0 Å². The van der Waals surface area contributed by atoms with Gasteiger partial charge >= 0.3 is 6.03 Å². The molecule has 0 saturated carbocycles. The van der Waals surface area contributed by atoms with Crippen molar-refractivity contribution in [2.45, 2.75) is 43.9 Å². The van der Waals surface area contributed by atoms with Gasteiger partial charge in [0.05, 0.1) is 6.10 Å². The lowest BCUT2D eigenvalue weighted by atomic mass is 9.98. The van der Waals surface area contributed by atoms with Gasteiger partial charge in [0.15, 0.2) is 0 Å². The zero-order valence-corrected chi connectivity index (χ0v) is 15.5. The summed E-state index contributed by atoms with van der Waals surface area (Å²) >= 11 is 0. The molecule has 1 saturated heterocycles. The van der Waals surface area contributed by atoms with Crippen LogP contribution in [0.1, 0.15) is 36.5 Å². The van der Waals surface area contributed by atoms with Crippen molar-refractivity contribution in [1.82, 2.24) is 15.6 Å². The van der Waals surface area contributed by atoms with Crippen molar-refractivity contribution in [2.24, 2.45) is 5.73 Å². The Morgan fingerprint density at radius 3 is 2.78 bits per heavy atom. The number of carbonyl (C=O) groups is 1. The Morgan fingerprint density at radius 1 is 1.22 bits per heavy atom. The largest absolute Gasteiger partial charge is 0.373 e. The van der Waals surface area contributed by atoms with Gasteiger partial charge in [0, 0.05) is 37.6 Å². The summed E-state index contributed by atoms with van der Waals surface area (Å²) in [5.74, 6) is 0. The lowest BCUT2D eigenvalue weighted by Crippen LogP contribution is -2.45. The molecule has 2 amide bonds. The maximum atomic E-state index is 12.2. The first-order chi connectivity index (χ1) is 13.2. The molecule has 3 rings (SSSR count). The molecule has 3 unspecified atom stereocenters. The van der Waals surface area contributed by atoms with Crippen LogP contribution < -0.4 is 16.4 Å². The molecule has 2 heterocycles. The summed E-state index contributed by atoms with van der Waals surface area (Å²) in [6, 6.07) is 14.1. The van der Waals surface area contributed by atoms with Crippen molar-refractivity contribution in [1.29, 1.82) is 0 Å². The smallest absolute Gasteiger partial charge is 0.315 e. The monoisotopic (exact) mass is 368 g/mol. The minimum absolute atomic E-state index is 0.00587. The fraction of sp³-hybridized carbons (Fsp3) is 0.429. The Bertz CT molecular complexity index is 696. The fourth-order valence-corrected chi connectivity index (χ4v) is 3.36. The number of pyridine rings is 1. The number of ether oxygens (including phenoxy) is 1. The molecule has 1 aromatic heterocycles. The van der Waals surface area contributed by atoms with E-state index >= 15 is 0 Å². The zero-order valence-electron chi connectivity index (χ0n) is 15.5. The third-order valence-electron chi connectivity index (χ3n) is 4.84. The van der Waals surface area contributed by atoms with E-state index in [2.05, 4.69) is 27.8 Å². The molecule has 1 aliphatic heterocycles. The molecule has 4 N–H and O–H groups in total. The third-order valence-corrected chi connectivity index (χ3v) is 4.84. The number of amides is 2. The highest BCUT2D eigenvalue weighted by Crippen LogP contribution is 2.27. The van der Waals surface area contributed by atoms with Gasteiger partial charge in [-0.15, -0.1) is 0 Å². The molecule has 6 heteroatoms. The molecule has 3 atom stereocenters. The maximum absolute atomic E-state index is 12.2. The van der Waals surface area contributed by atoms with Crippen LogP contribution in [0.2, 0.25) is 0 Å². The first-order valence-corrected chi connectivity index (χ1v) is 9.56. The molecule has 1 aliphatic rings. The second-order valence-electron chi connectivity index (χ2n) is 7.00. The summed E-state index contributed by atoms with van der Waals surface area (Å²) in [5, 5.41) is 5.98. The Morgan fingerprint density at radius 2 is 2.00 bits per heavy atom.